The lowest BCUT2D eigenvalue weighted by atomic mass is 9.87. The van der Waals surface area contributed by atoms with Crippen molar-refractivity contribution in [2.45, 2.75) is 46.0 Å². The Kier molecular flexibility index (Phi) is 4.81. The summed E-state index contributed by atoms with van der Waals surface area (Å²) in [7, 11) is 0. The minimum atomic E-state index is -0.0706. The van der Waals surface area contributed by atoms with E-state index in [-0.39, 0.29) is 17.9 Å². The summed E-state index contributed by atoms with van der Waals surface area (Å²) in [6.07, 6.45) is 4.78. The standard InChI is InChI=1S/C17H25NO2/c1-13-5-6-15(9-14(13)2)10-16(20)18-11-17(12-19)7-3-4-8-17/h5-6,9,19H,3-4,7-8,10-12H2,1-2H3,(H,18,20). The summed E-state index contributed by atoms with van der Waals surface area (Å²) < 4.78 is 0. The molecule has 110 valence electrons. The summed E-state index contributed by atoms with van der Waals surface area (Å²) in [4.78, 5) is 12.0. The van der Waals surface area contributed by atoms with Gasteiger partial charge in [-0.3, -0.25) is 4.79 Å². The van der Waals surface area contributed by atoms with Gasteiger partial charge in [0.05, 0.1) is 13.0 Å². The third kappa shape index (κ3) is 3.60. The SMILES string of the molecule is Cc1ccc(CC(=O)NCC2(CO)CCCC2)cc1C. The molecule has 0 unspecified atom stereocenters. The molecule has 0 aliphatic heterocycles. The number of aryl methyl sites for hydroxylation is 2. The third-order valence-electron chi connectivity index (χ3n) is 4.60. The number of hydrogen-bond donors (Lipinski definition) is 2. The maximum Gasteiger partial charge on any atom is 0.224 e. The minimum absolute atomic E-state index is 0.0491. The first-order chi connectivity index (χ1) is 9.54. The molecule has 1 amide bonds. The van der Waals surface area contributed by atoms with Crippen LogP contribution in [0.3, 0.4) is 0 Å². The predicted octanol–water partition coefficient (Wildman–Crippen LogP) is 2.51. The van der Waals surface area contributed by atoms with E-state index in [1.807, 2.05) is 6.07 Å². The van der Waals surface area contributed by atoms with Crippen LogP contribution in [0.1, 0.15) is 42.4 Å². The van der Waals surface area contributed by atoms with Crippen LogP contribution in [0.15, 0.2) is 18.2 Å². The van der Waals surface area contributed by atoms with Crippen LogP contribution < -0.4 is 5.32 Å². The molecule has 0 atom stereocenters. The van der Waals surface area contributed by atoms with Crippen molar-refractivity contribution >= 4 is 5.91 Å². The Bertz CT molecular complexity index is 476. The molecule has 2 N–H and O–H groups in total. The zero-order valence-electron chi connectivity index (χ0n) is 12.5. The van der Waals surface area contributed by atoms with Gasteiger partial charge in [-0.1, -0.05) is 31.0 Å². The Balaban J connectivity index is 1.87. The molecular formula is C17H25NO2. The molecule has 1 aromatic rings. The average Bonchev–Trinajstić information content (AvgIpc) is 2.90. The minimum Gasteiger partial charge on any atom is -0.396 e. The summed E-state index contributed by atoms with van der Waals surface area (Å²) >= 11 is 0. The first kappa shape index (κ1) is 15.0. The molecule has 20 heavy (non-hydrogen) atoms. The van der Waals surface area contributed by atoms with E-state index in [1.165, 1.54) is 11.1 Å². The van der Waals surface area contributed by atoms with E-state index in [1.54, 1.807) is 0 Å². The number of aliphatic hydroxyl groups excluding tert-OH is 1. The van der Waals surface area contributed by atoms with Gasteiger partial charge in [0.25, 0.3) is 0 Å². The number of nitrogens with one attached hydrogen (secondary N) is 1. The molecule has 0 bridgehead atoms. The van der Waals surface area contributed by atoms with Crippen LogP contribution in [0.25, 0.3) is 0 Å². The number of rotatable bonds is 5. The van der Waals surface area contributed by atoms with Gasteiger partial charge in [0.1, 0.15) is 0 Å². The largest absolute Gasteiger partial charge is 0.396 e. The highest BCUT2D eigenvalue weighted by Gasteiger charge is 2.33. The molecule has 3 heteroatoms. The van der Waals surface area contributed by atoms with Crippen LogP contribution in [0.5, 0.6) is 0 Å². The van der Waals surface area contributed by atoms with Gasteiger partial charge in [-0.05, 0) is 43.4 Å². The zero-order valence-corrected chi connectivity index (χ0v) is 12.5. The number of aliphatic hydroxyl groups is 1. The van der Waals surface area contributed by atoms with Crippen LogP contribution in [-0.4, -0.2) is 24.2 Å². The number of benzene rings is 1. The third-order valence-corrected chi connectivity index (χ3v) is 4.60. The Hall–Kier alpha value is -1.35. The van der Waals surface area contributed by atoms with Gasteiger partial charge >= 0.3 is 0 Å². The van der Waals surface area contributed by atoms with Crippen molar-refractivity contribution < 1.29 is 9.90 Å². The monoisotopic (exact) mass is 275 g/mol. The number of carbonyl (C=O) groups is 1. The normalized spacial score (nSPS) is 17.1. The molecule has 0 radical (unpaired) electrons. The highest BCUT2D eigenvalue weighted by Crippen LogP contribution is 2.36. The zero-order chi connectivity index (χ0) is 14.6. The van der Waals surface area contributed by atoms with Gasteiger partial charge in [-0.25, -0.2) is 0 Å². The van der Waals surface area contributed by atoms with Crippen molar-refractivity contribution in [2.75, 3.05) is 13.2 Å². The molecule has 1 aliphatic rings. The first-order valence-electron chi connectivity index (χ1n) is 7.48. The predicted molar refractivity (Wildman–Crippen MR) is 80.6 cm³/mol. The van der Waals surface area contributed by atoms with Gasteiger partial charge in [0.15, 0.2) is 0 Å². The van der Waals surface area contributed by atoms with Crippen molar-refractivity contribution in [1.29, 1.82) is 0 Å². The molecule has 1 saturated carbocycles. The number of amides is 1. The fourth-order valence-electron chi connectivity index (χ4n) is 2.96. The van der Waals surface area contributed by atoms with E-state index in [9.17, 15) is 9.90 Å². The maximum atomic E-state index is 12.0. The molecule has 1 fully saturated rings. The van der Waals surface area contributed by atoms with Crippen LogP contribution in [-0.2, 0) is 11.2 Å². The Morgan fingerprint density at radius 3 is 2.55 bits per heavy atom. The van der Waals surface area contributed by atoms with Gasteiger partial charge in [0, 0.05) is 12.0 Å². The quantitative estimate of drug-likeness (QED) is 0.867. The molecule has 0 heterocycles. The van der Waals surface area contributed by atoms with E-state index in [0.717, 1.165) is 31.2 Å². The van der Waals surface area contributed by atoms with E-state index in [2.05, 4.69) is 31.3 Å². The molecule has 0 aromatic heterocycles. The first-order valence-corrected chi connectivity index (χ1v) is 7.48. The average molecular weight is 275 g/mol. The lowest BCUT2D eigenvalue weighted by molar-refractivity contribution is -0.121. The smallest absolute Gasteiger partial charge is 0.224 e. The van der Waals surface area contributed by atoms with Crippen molar-refractivity contribution in [3.05, 3.63) is 34.9 Å². The Morgan fingerprint density at radius 1 is 1.25 bits per heavy atom. The highest BCUT2D eigenvalue weighted by atomic mass is 16.3. The molecule has 1 aromatic carbocycles. The lowest BCUT2D eigenvalue weighted by Crippen LogP contribution is -2.38. The fraction of sp³-hybridized carbons (Fsp3) is 0.588. The summed E-state index contributed by atoms with van der Waals surface area (Å²) in [5.41, 5.74) is 3.45. The second kappa shape index (κ2) is 6.40. The second-order valence-corrected chi connectivity index (χ2v) is 6.24. The van der Waals surface area contributed by atoms with E-state index < -0.39 is 0 Å². The van der Waals surface area contributed by atoms with Crippen molar-refractivity contribution in [3.8, 4) is 0 Å². The summed E-state index contributed by atoms with van der Waals surface area (Å²) in [6, 6.07) is 6.15. The van der Waals surface area contributed by atoms with Crippen molar-refractivity contribution in [3.63, 3.8) is 0 Å². The molecular weight excluding hydrogens is 250 g/mol. The van der Waals surface area contributed by atoms with Gasteiger partial charge in [-0.2, -0.15) is 0 Å². The molecule has 3 nitrogen and oxygen atoms in total. The van der Waals surface area contributed by atoms with E-state index >= 15 is 0 Å². The second-order valence-electron chi connectivity index (χ2n) is 6.24. The van der Waals surface area contributed by atoms with Gasteiger partial charge < -0.3 is 10.4 Å². The maximum absolute atomic E-state index is 12.0. The van der Waals surface area contributed by atoms with E-state index in [0.29, 0.717) is 13.0 Å². The van der Waals surface area contributed by atoms with Crippen LogP contribution in [0, 0.1) is 19.3 Å². The summed E-state index contributed by atoms with van der Waals surface area (Å²) in [6.45, 7) is 4.92. The molecule has 0 spiro atoms. The van der Waals surface area contributed by atoms with Crippen molar-refractivity contribution in [1.82, 2.24) is 5.32 Å². The Morgan fingerprint density at radius 2 is 1.95 bits per heavy atom. The lowest BCUT2D eigenvalue weighted by Gasteiger charge is -2.26. The van der Waals surface area contributed by atoms with E-state index in [4.69, 9.17) is 0 Å². The van der Waals surface area contributed by atoms with Gasteiger partial charge in [0.2, 0.25) is 5.91 Å². The van der Waals surface area contributed by atoms with Gasteiger partial charge in [-0.15, -0.1) is 0 Å². The topological polar surface area (TPSA) is 49.3 Å². The highest BCUT2D eigenvalue weighted by molar-refractivity contribution is 5.78. The summed E-state index contributed by atoms with van der Waals surface area (Å²) in [5, 5.41) is 12.5. The Labute approximate surface area is 121 Å². The molecule has 0 saturated heterocycles. The number of carbonyl (C=O) groups excluding carboxylic acids is 1. The van der Waals surface area contributed by atoms with Crippen LogP contribution >= 0.6 is 0 Å². The molecule has 2 rings (SSSR count). The van der Waals surface area contributed by atoms with Crippen molar-refractivity contribution in [2.24, 2.45) is 5.41 Å². The molecule has 1 aliphatic carbocycles. The summed E-state index contributed by atoms with van der Waals surface area (Å²) in [5.74, 6) is 0.0491. The van der Waals surface area contributed by atoms with Crippen LogP contribution in [0.2, 0.25) is 0 Å². The number of hydrogen-bond acceptors (Lipinski definition) is 2. The fourth-order valence-corrected chi connectivity index (χ4v) is 2.96. The van der Waals surface area contributed by atoms with Crippen LogP contribution in [0.4, 0.5) is 0 Å².